The second kappa shape index (κ2) is 4.10. The Balaban J connectivity index is 2.74. The van der Waals surface area contributed by atoms with Crippen LogP contribution < -0.4 is 0 Å². The first kappa shape index (κ1) is 10.9. The summed E-state index contributed by atoms with van der Waals surface area (Å²) in [5, 5.41) is 1.34. The number of aryl methyl sites for hydroxylation is 1. The van der Waals surface area contributed by atoms with Crippen molar-refractivity contribution in [1.29, 1.82) is 0 Å². The van der Waals surface area contributed by atoms with Crippen molar-refractivity contribution in [3.63, 3.8) is 0 Å². The number of carbonyl (C=O) groups is 1. The molecule has 0 aliphatic heterocycles. The summed E-state index contributed by atoms with van der Waals surface area (Å²) in [4.78, 5) is 15.8. The molecule has 0 aliphatic carbocycles. The largest absolute Gasteiger partial charge is 0.465 e. The summed E-state index contributed by atoms with van der Waals surface area (Å²) in [6.45, 7) is 1.77. The van der Waals surface area contributed by atoms with Crippen LogP contribution in [0.15, 0.2) is 24.3 Å². The van der Waals surface area contributed by atoms with Gasteiger partial charge in [0.15, 0.2) is 0 Å². The molecular weight excluding hydrogens is 226 g/mol. The molecule has 0 bridgehead atoms. The number of fused-ring (bicyclic) bond motifs is 1. The van der Waals surface area contributed by atoms with E-state index in [1.807, 2.05) is 12.1 Å². The lowest BCUT2D eigenvalue weighted by Gasteiger charge is -2.06. The smallest absolute Gasteiger partial charge is 0.339 e. The number of ether oxygens (including phenoxy) is 1. The fourth-order valence-corrected chi connectivity index (χ4v) is 1.80. The summed E-state index contributed by atoms with van der Waals surface area (Å²) in [5.74, 6) is -0.396. The van der Waals surface area contributed by atoms with Crippen molar-refractivity contribution in [3.8, 4) is 0 Å². The topological polar surface area (TPSA) is 39.2 Å². The van der Waals surface area contributed by atoms with E-state index in [1.165, 1.54) is 7.11 Å². The lowest BCUT2D eigenvalue weighted by Crippen LogP contribution is -2.05. The van der Waals surface area contributed by atoms with E-state index in [1.54, 1.807) is 19.1 Å². The standard InChI is InChI=1S/C12H10ClNO2/c1-7-8(12(15)16-2)6-9-10(13)4-3-5-11(9)14-7/h3-6H,1-2H3. The van der Waals surface area contributed by atoms with Crippen LogP contribution in [0.1, 0.15) is 16.1 Å². The molecule has 0 aliphatic rings. The second-order valence-corrected chi connectivity index (χ2v) is 3.83. The van der Waals surface area contributed by atoms with Gasteiger partial charge in [-0.1, -0.05) is 17.7 Å². The van der Waals surface area contributed by atoms with Crippen LogP contribution in [-0.4, -0.2) is 18.1 Å². The molecule has 0 amide bonds. The monoisotopic (exact) mass is 235 g/mol. The molecular formula is C12H10ClNO2. The number of rotatable bonds is 1. The fourth-order valence-electron chi connectivity index (χ4n) is 1.57. The van der Waals surface area contributed by atoms with Crippen molar-refractivity contribution in [2.24, 2.45) is 0 Å². The number of esters is 1. The first-order valence-electron chi connectivity index (χ1n) is 4.77. The van der Waals surface area contributed by atoms with Gasteiger partial charge in [-0.25, -0.2) is 4.79 Å². The van der Waals surface area contributed by atoms with Gasteiger partial charge in [-0.3, -0.25) is 4.98 Å². The number of halogens is 1. The minimum atomic E-state index is -0.396. The molecule has 3 nitrogen and oxygen atoms in total. The molecule has 0 atom stereocenters. The Morgan fingerprint density at radius 1 is 1.44 bits per heavy atom. The van der Waals surface area contributed by atoms with Gasteiger partial charge >= 0.3 is 5.97 Å². The van der Waals surface area contributed by atoms with Crippen LogP contribution in [0, 0.1) is 6.92 Å². The average molecular weight is 236 g/mol. The van der Waals surface area contributed by atoms with Crippen LogP contribution in [0.25, 0.3) is 10.9 Å². The highest BCUT2D eigenvalue weighted by molar-refractivity contribution is 6.35. The normalized spacial score (nSPS) is 10.4. The van der Waals surface area contributed by atoms with Gasteiger partial charge < -0.3 is 4.74 Å². The lowest BCUT2D eigenvalue weighted by molar-refractivity contribution is 0.0599. The molecule has 0 fully saturated rings. The Labute approximate surface area is 98.0 Å². The van der Waals surface area contributed by atoms with Gasteiger partial charge in [0.2, 0.25) is 0 Å². The predicted molar refractivity (Wildman–Crippen MR) is 62.8 cm³/mol. The van der Waals surface area contributed by atoms with E-state index < -0.39 is 5.97 Å². The summed E-state index contributed by atoms with van der Waals surface area (Å²) < 4.78 is 4.68. The maximum absolute atomic E-state index is 11.5. The molecule has 4 heteroatoms. The summed E-state index contributed by atoms with van der Waals surface area (Å²) >= 11 is 6.04. The van der Waals surface area contributed by atoms with Gasteiger partial charge in [0.25, 0.3) is 0 Å². The minimum Gasteiger partial charge on any atom is -0.465 e. The molecule has 1 heterocycles. The molecule has 16 heavy (non-hydrogen) atoms. The molecule has 2 aromatic rings. The van der Waals surface area contributed by atoms with Crippen molar-refractivity contribution in [2.45, 2.75) is 6.92 Å². The summed E-state index contributed by atoms with van der Waals surface area (Å²) in [7, 11) is 1.35. The third-order valence-corrected chi connectivity index (χ3v) is 2.73. The van der Waals surface area contributed by atoms with E-state index >= 15 is 0 Å². The molecule has 2 rings (SSSR count). The van der Waals surface area contributed by atoms with Crippen LogP contribution in [-0.2, 0) is 4.74 Å². The molecule has 0 radical (unpaired) electrons. The van der Waals surface area contributed by atoms with Crippen molar-refractivity contribution < 1.29 is 9.53 Å². The van der Waals surface area contributed by atoms with Crippen molar-refractivity contribution in [1.82, 2.24) is 4.98 Å². The maximum atomic E-state index is 11.5. The molecule has 0 saturated heterocycles. The number of aromatic nitrogens is 1. The molecule has 0 N–H and O–H groups in total. The van der Waals surface area contributed by atoms with E-state index in [0.29, 0.717) is 16.3 Å². The van der Waals surface area contributed by atoms with Crippen LogP contribution in [0.3, 0.4) is 0 Å². The third-order valence-electron chi connectivity index (χ3n) is 2.40. The Kier molecular flexibility index (Phi) is 2.79. The second-order valence-electron chi connectivity index (χ2n) is 3.42. The average Bonchev–Trinajstić information content (AvgIpc) is 2.28. The van der Waals surface area contributed by atoms with Gasteiger partial charge in [-0.2, -0.15) is 0 Å². The number of carbonyl (C=O) groups excluding carboxylic acids is 1. The number of methoxy groups -OCH3 is 1. The van der Waals surface area contributed by atoms with Crippen molar-refractivity contribution in [2.75, 3.05) is 7.11 Å². The van der Waals surface area contributed by atoms with Crippen molar-refractivity contribution >= 4 is 28.5 Å². The summed E-state index contributed by atoms with van der Waals surface area (Å²) in [5.41, 5.74) is 1.86. The minimum absolute atomic E-state index is 0.396. The molecule has 0 saturated carbocycles. The van der Waals surface area contributed by atoms with E-state index in [0.717, 1.165) is 10.9 Å². The lowest BCUT2D eigenvalue weighted by atomic mass is 10.1. The van der Waals surface area contributed by atoms with E-state index in [4.69, 9.17) is 11.6 Å². The van der Waals surface area contributed by atoms with E-state index in [2.05, 4.69) is 9.72 Å². The summed E-state index contributed by atoms with van der Waals surface area (Å²) in [6.07, 6.45) is 0. The molecule has 0 unspecified atom stereocenters. The highest BCUT2D eigenvalue weighted by atomic mass is 35.5. The zero-order chi connectivity index (χ0) is 11.7. The summed E-state index contributed by atoms with van der Waals surface area (Å²) in [6, 6.07) is 7.16. The Hall–Kier alpha value is -1.61. The molecule has 1 aromatic carbocycles. The highest BCUT2D eigenvalue weighted by Gasteiger charge is 2.12. The first-order valence-corrected chi connectivity index (χ1v) is 5.15. The predicted octanol–water partition coefficient (Wildman–Crippen LogP) is 2.98. The SMILES string of the molecule is COC(=O)c1cc2c(Cl)cccc2nc1C. The van der Waals surface area contributed by atoms with Gasteiger partial charge in [0, 0.05) is 10.4 Å². The third kappa shape index (κ3) is 1.74. The number of hydrogen-bond acceptors (Lipinski definition) is 3. The van der Waals surface area contributed by atoms with E-state index in [-0.39, 0.29) is 0 Å². The van der Waals surface area contributed by atoms with Crippen LogP contribution in [0.4, 0.5) is 0 Å². The number of benzene rings is 1. The first-order chi connectivity index (χ1) is 7.63. The van der Waals surface area contributed by atoms with E-state index in [9.17, 15) is 4.79 Å². The Bertz CT molecular complexity index is 566. The zero-order valence-corrected chi connectivity index (χ0v) is 9.71. The Morgan fingerprint density at radius 2 is 2.19 bits per heavy atom. The Morgan fingerprint density at radius 3 is 2.88 bits per heavy atom. The van der Waals surface area contributed by atoms with Gasteiger partial charge in [-0.15, -0.1) is 0 Å². The fraction of sp³-hybridized carbons (Fsp3) is 0.167. The van der Waals surface area contributed by atoms with Crippen LogP contribution in [0.5, 0.6) is 0 Å². The number of pyridine rings is 1. The molecule has 1 aromatic heterocycles. The highest BCUT2D eigenvalue weighted by Crippen LogP contribution is 2.24. The van der Waals surface area contributed by atoms with Crippen molar-refractivity contribution in [3.05, 3.63) is 40.5 Å². The van der Waals surface area contributed by atoms with Crippen LogP contribution in [0.2, 0.25) is 5.02 Å². The van der Waals surface area contributed by atoms with Gasteiger partial charge in [0.05, 0.1) is 23.9 Å². The van der Waals surface area contributed by atoms with Gasteiger partial charge in [0.1, 0.15) is 0 Å². The molecule has 0 spiro atoms. The van der Waals surface area contributed by atoms with Crippen LogP contribution >= 0.6 is 11.6 Å². The number of hydrogen-bond donors (Lipinski definition) is 0. The van der Waals surface area contributed by atoms with Gasteiger partial charge in [-0.05, 0) is 25.1 Å². The quantitative estimate of drug-likeness (QED) is 0.714. The maximum Gasteiger partial charge on any atom is 0.339 e. The molecule has 82 valence electrons. The zero-order valence-electron chi connectivity index (χ0n) is 8.95. The number of nitrogens with zero attached hydrogens (tertiary/aromatic N) is 1.